The van der Waals surface area contributed by atoms with E-state index in [1.807, 2.05) is 19.3 Å². The molecule has 0 aromatic carbocycles. The van der Waals surface area contributed by atoms with Crippen LogP contribution >= 0.6 is 0 Å². The fraction of sp³-hybridized carbons (Fsp3) is 0.800. The molecule has 0 saturated heterocycles. The highest BCUT2D eigenvalue weighted by Gasteiger charge is 2.30. The predicted molar refractivity (Wildman–Crippen MR) is 77.1 cm³/mol. The normalized spacial score (nSPS) is 19.7. The molecule has 1 heterocycles. The Kier molecular flexibility index (Phi) is 4.99. The lowest BCUT2D eigenvalue weighted by Crippen LogP contribution is -2.34. The number of aliphatic hydroxyl groups is 1. The molecule has 108 valence electrons. The highest BCUT2D eigenvalue weighted by Crippen LogP contribution is 2.31. The van der Waals surface area contributed by atoms with Crippen molar-refractivity contribution in [3.05, 3.63) is 18.2 Å². The zero-order chi connectivity index (χ0) is 13.7. The summed E-state index contributed by atoms with van der Waals surface area (Å²) in [7, 11) is 0. The van der Waals surface area contributed by atoms with Gasteiger partial charge >= 0.3 is 0 Å². The number of hydrogen-bond acceptors (Lipinski definition) is 3. The van der Waals surface area contributed by atoms with Gasteiger partial charge in [-0.1, -0.05) is 12.8 Å². The molecule has 2 N–H and O–H groups in total. The molecule has 1 saturated carbocycles. The minimum Gasteiger partial charge on any atom is -0.390 e. The van der Waals surface area contributed by atoms with Crippen LogP contribution in [0.15, 0.2) is 12.4 Å². The van der Waals surface area contributed by atoms with E-state index in [0.29, 0.717) is 6.04 Å². The summed E-state index contributed by atoms with van der Waals surface area (Å²) in [6.07, 6.45) is 10.2. The Morgan fingerprint density at radius 1 is 1.47 bits per heavy atom. The Hall–Kier alpha value is -0.870. The van der Waals surface area contributed by atoms with Gasteiger partial charge in [-0.15, -0.1) is 0 Å². The Morgan fingerprint density at radius 3 is 2.84 bits per heavy atom. The van der Waals surface area contributed by atoms with Crippen molar-refractivity contribution in [3.8, 4) is 0 Å². The Morgan fingerprint density at radius 2 is 2.21 bits per heavy atom. The van der Waals surface area contributed by atoms with Crippen LogP contribution in [0.3, 0.4) is 0 Å². The van der Waals surface area contributed by atoms with Crippen molar-refractivity contribution in [2.45, 2.75) is 70.6 Å². The van der Waals surface area contributed by atoms with E-state index in [1.54, 1.807) is 0 Å². The number of hydrogen-bond donors (Lipinski definition) is 2. The molecule has 0 amide bonds. The first-order valence-electron chi connectivity index (χ1n) is 7.53. The van der Waals surface area contributed by atoms with Crippen LogP contribution in [0.25, 0.3) is 0 Å². The van der Waals surface area contributed by atoms with E-state index in [1.165, 1.54) is 12.8 Å². The quantitative estimate of drug-likeness (QED) is 0.795. The standard InChI is InChI=1S/C15H27N3O/c1-13(5-11-18-12-10-17-14(18)2)16-9-8-15(19)6-3-4-7-15/h10,12-13,16,19H,3-9,11H2,1-2H3. The van der Waals surface area contributed by atoms with E-state index in [4.69, 9.17) is 0 Å². The molecule has 0 spiro atoms. The molecular formula is C15H27N3O. The summed E-state index contributed by atoms with van der Waals surface area (Å²) < 4.78 is 2.18. The van der Waals surface area contributed by atoms with E-state index < -0.39 is 0 Å². The molecule has 1 aliphatic carbocycles. The SMILES string of the molecule is Cc1nccn1CCC(C)NCCC1(O)CCCC1. The lowest BCUT2D eigenvalue weighted by Gasteiger charge is -2.23. The van der Waals surface area contributed by atoms with Crippen molar-refractivity contribution in [2.24, 2.45) is 0 Å². The van der Waals surface area contributed by atoms with Gasteiger partial charge in [0.1, 0.15) is 5.82 Å². The zero-order valence-electron chi connectivity index (χ0n) is 12.2. The fourth-order valence-electron chi connectivity index (χ4n) is 2.91. The van der Waals surface area contributed by atoms with Gasteiger partial charge in [0.2, 0.25) is 0 Å². The van der Waals surface area contributed by atoms with Gasteiger partial charge < -0.3 is 15.0 Å². The molecule has 4 nitrogen and oxygen atoms in total. The topological polar surface area (TPSA) is 50.1 Å². The molecule has 1 aromatic rings. The Bertz CT molecular complexity index is 382. The van der Waals surface area contributed by atoms with E-state index >= 15 is 0 Å². The highest BCUT2D eigenvalue weighted by molar-refractivity contribution is 4.88. The maximum atomic E-state index is 10.3. The molecule has 19 heavy (non-hydrogen) atoms. The summed E-state index contributed by atoms with van der Waals surface area (Å²) in [5, 5.41) is 13.8. The third-order valence-corrected chi connectivity index (χ3v) is 4.34. The van der Waals surface area contributed by atoms with Gasteiger partial charge in [0, 0.05) is 25.0 Å². The maximum absolute atomic E-state index is 10.3. The van der Waals surface area contributed by atoms with Crippen molar-refractivity contribution in [3.63, 3.8) is 0 Å². The molecule has 0 bridgehead atoms. The first-order chi connectivity index (χ1) is 9.09. The zero-order valence-corrected chi connectivity index (χ0v) is 12.2. The highest BCUT2D eigenvalue weighted by atomic mass is 16.3. The molecule has 0 aliphatic heterocycles. The molecule has 2 rings (SSSR count). The van der Waals surface area contributed by atoms with Crippen molar-refractivity contribution >= 4 is 0 Å². The Balaban J connectivity index is 1.62. The summed E-state index contributed by atoms with van der Waals surface area (Å²) in [5.41, 5.74) is -0.381. The first-order valence-corrected chi connectivity index (χ1v) is 7.53. The predicted octanol–water partition coefficient (Wildman–Crippen LogP) is 2.25. The second kappa shape index (κ2) is 6.53. The average Bonchev–Trinajstić information content (AvgIpc) is 2.96. The second-order valence-corrected chi connectivity index (χ2v) is 5.99. The number of aryl methyl sites for hydroxylation is 2. The van der Waals surface area contributed by atoms with Crippen LogP contribution in [0.1, 0.15) is 51.3 Å². The summed E-state index contributed by atoms with van der Waals surface area (Å²) in [5.74, 6) is 1.08. The van der Waals surface area contributed by atoms with E-state index in [9.17, 15) is 5.11 Å². The number of aromatic nitrogens is 2. The van der Waals surface area contributed by atoms with Crippen LogP contribution in [0.4, 0.5) is 0 Å². The molecule has 0 radical (unpaired) electrons. The minimum atomic E-state index is -0.381. The fourth-order valence-corrected chi connectivity index (χ4v) is 2.91. The minimum absolute atomic E-state index is 0.381. The van der Waals surface area contributed by atoms with Crippen LogP contribution in [0, 0.1) is 6.92 Å². The number of nitrogens with zero attached hydrogens (tertiary/aromatic N) is 2. The largest absolute Gasteiger partial charge is 0.390 e. The Labute approximate surface area is 116 Å². The third kappa shape index (κ3) is 4.32. The second-order valence-electron chi connectivity index (χ2n) is 5.99. The summed E-state index contributed by atoms with van der Waals surface area (Å²) >= 11 is 0. The monoisotopic (exact) mass is 265 g/mol. The molecule has 1 fully saturated rings. The van der Waals surface area contributed by atoms with E-state index in [0.717, 1.165) is 44.6 Å². The van der Waals surface area contributed by atoms with Crippen molar-refractivity contribution in [1.29, 1.82) is 0 Å². The molecule has 1 aromatic heterocycles. The van der Waals surface area contributed by atoms with Gasteiger partial charge in [0.15, 0.2) is 0 Å². The third-order valence-electron chi connectivity index (χ3n) is 4.34. The average molecular weight is 265 g/mol. The van der Waals surface area contributed by atoms with Gasteiger partial charge in [-0.05, 0) is 46.1 Å². The molecule has 1 aliphatic rings. The maximum Gasteiger partial charge on any atom is 0.105 e. The lowest BCUT2D eigenvalue weighted by molar-refractivity contribution is 0.0385. The van der Waals surface area contributed by atoms with Crippen molar-refractivity contribution < 1.29 is 5.11 Å². The van der Waals surface area contributed by atoms with Crippen LogP contribution in [0.2, 0.25) is 0 Å². The summed E-state index contributed by atoms with van der Waals surface area (Å²) in [6.45, 7) is 6.17. The van der Waals surface area contributed by atoms with E-state index in [-0.39, 0.29) is 5.60 Å². The molecule has 1 unspecified atom stereocenters. The number of rotatable bonds is 7. The van der Waals surface area contributed by atoms with E-state index in [2.05, 4.69) is 21.8 Å². The van der Waals surface area contributed by atoms with Crippen molar-refractivity contribution in [1.82, 2.24) is 14.9 Å². The van der Waals surface area contributed by atoms with Gasteiger partial charge in [-0.3, -0.25) is 0 Å². The van der Waals surface area contributed by atoms with Crippen LogP contribution in [-0.4, -0.2) is 32.8 Å². The number of nitrogens with one attached hydrogen (secondary N) is 1. The first kappa shape index (κ1) is 14.5. The van der Waals surface area contributed by atoms with Crippen LogP contribution in [-0.2, 0) is 6.54 Å². The smallest absolute Gasteiger partial charge is 0.105 e. The van der Waals surface area contributed by atoms with Crippen LogP contribution < -0.4 is 5.32 Å². The number of imidazole rings is 1. The summed E-state index contributed by atoms with van der Waals surface area (Å²) in [6, 6.07) is 0.479. The van der Waals surface area contributed by atoms with Gasteiger partial charge in [-0.25, -0.2) is 4.98 Å². The molecular weight excluding hydrogens is 238 g/mol. The van der Waals surface area contributed by atoms with Gasteiger partial charge in [0.05, 0.1) is 5.60 Å². The van der Waals surface area contributed by atoms with Crippen molar-refractivity contribution in [2.75, 3.05) is 6.54 Å². The van der Waals surface area contributed by atoms with Crippen LogP contribution in [0.5, 0.6) is 0 Å². The van der Waals surface area contributed by atoms with Gasteiger partial charge in [-0.2, -0.15) is 0 Å². The summed E-state index contributed by atoms with van der Waals surface area (Å²) in [4.78, 5) is 4.23. The molecule has 4 heteroatoms. The lowest BCUT2D eigenvalue weighted by atomic mass is 9.98. The molecule has 1 atom stereocenters. The van der Waals surface area contributed by atoms with Gasteiger partial charge in [0.25, 0.3) is 0 Å².